The number of imidazole rings is 1. The van der Waals surface area contributed by atoms with Gasteiger partial charge in [-0.25, -0.2) is 4.39 Å². The van der Waals surface area contributed by atoms with Gasteiger partial charge in [0.1, 0.15) is 11.3 Å². The molecule has 2 aromatic carbocycles. The lowest BCUT2D eigenvalue weighted by Gasteiger charge is -2.26. The molecule has 0 aliphatic heterocycles. The zero-order chi connectivity index (χ0) is 20.7. The highest BCUT2D eigenvalue weighted by atomic mass is 19.1. The minimum absolute atomic E-state index is 0.0736. The van der Waals surface area contributed by atoms with Crippen LogP contribution in [0, 0.1) is 12.7 Å². The molecule has 7 heteroatoms. The molecule has 1 fully saturated rings. The van der Waals surface area contributed by atoms with Crippen molar-refractivity contribution in [2.24, 2.45) is 0 Å². The Morgan fingerprint density at radius 3 is 2.60 bits per heavy atom. The zero-order valence-electron chi connectivity index (χ0n) is 16.7. The number of anilines is 1. The van der Waals surface area contributed by atoms with E-state index in [1.807, 2.05) is 37.3 Å². The fourth-order valence-electron chi connectivity index (χ4n) is 4.47. The summed E-state index contributed by atoms with van der Waals surface area (Å²) in [5.74, 6) is 0.846. The average molecular weight is 404 g/mol. The van der Waals surface area contributed by atoms with Gasteiger partial charge in [-0.2, -0.15) is 0 Å². The summed E-state index contributed by atoms with van der Waals surface area (Å²) in [5.41, 5.74) is 2.88. The molecule has 2 aromatic heterocycles. The minimum Gasteiger partial charge on any atom is -0.260 e. The zero-order valence-corrected chi connectivity index (χ0v) is 16.7. The largest absolute Gasteiger partial charge is 0.374 e. The maximum atomic E-state index is 13.5. The van der Waals surface area contributed by atoms with Crippen molar-refractivity contribution in [1.82, 2.24) is 15.1 Å². The Labute approximate surface area is 173 Å². The number of fused-ring (bicyclic) bond motifs is 1. The van der Waals surface area contributed by atoms with E-state index in [1.165, 1.54) is 12.1 Å². The molecular formula is C23H23FN5O+. The lowest BCUT2D eigenvalue weighted by molar-refractivity contribution is -0.648. The number of halogens is 1. The summed E-state index contributed by atoms with van der Waals surface area (Å²) < 4.78 is 15.2. The molecule has 1 amide bonds. The Morgan fingerprint density at radius 2 is 1.87 bits per heavy atom. The van der Waals surface area contributed by atoms with E-state index in [0.29, 0.717) is 11.8 Å². The Kier molecular flexibility index (Phi) is 4.38. The number of hydrogen-bond acceptors (Lipinski definition) is 2. The van der Waals surface area contributed by atoms with Crippen molar-refractivity contribution in [3.05, 3.63) is 71.7 Å². The number of nitrogens with one attached hydrogen (secondary N) is 3. The van der Waals surface area contributed by atoms with Gasteiger partial charge in [0.05, 0.1) is 5.41 Å². The summed E-state index contributed by atoms with van der Waals surface area (Å²) in [6.07, 6.45) is 3.44. The highest BCUT2D eigenvalue weighted by molar-refractivity contribution is 5.98. The first-order valence-electron chi connectivity index (χ1n) is 10.2. The van der Waals surface area contributed by atoms with E-state index in [1.54, 1.807) is 16.8 Å². The van der Waals surface area contributed by atoms with Crippen molar-refractivity contribution >= 4 is 22.8 Å². The number of benzene rings is 2. The first-order chi connectivity index (χ1) is 14.5. The molecule has 0 bridgehead atoms. The summed E-state index contributed by atoms with van der Waals surface area (Å²) in [5, 5.41) is 6.35. The van der Waals surface area contributed by atoms with Crippen LogP contribution in [0.4, 0.5) is 10.2 Å². The van der Waals surface area contributed by atoms with Crippen molar-refractivity contribution < 1.29 is 13.9 Å². The van der Waals surface area contributed by atoms with Gasteiger partial charge in [0.25, 0.3) is 5.91 Å². The molecule has 0 saturated heterocycles. The van der Waals surface area contributed by atoms with Crippen LogP contribution < -0.4 is 10.00 Å². The Bertz CT molecular complexity index is 1190. The molecule has 30 heavy (non-hydrogen) atoms. The van der Waals surface area contributed by atoms with Gasteiger partial charge in [0.15, 0.2) is 5.52 Å². The van der Waals surface area contributed by atoms with Gasteiger partial charge in [-0.05, 0) is 49.6 Å². The number of aryl methyl sites for hydroxylation is 1. The summed E-state index contributed by atoms with van der Waals surface area (Å²) in [7, 11) is 0. The van der Waals surface area contributed by atoms with E-state index >= 15 is 0 Å². The molecule has 4 aromatic rings. The number of aromatic nitrogens is 4. The smallest absolute Gasteiger partial charge is 0.260 e. The van der Waals surface area contributed by atoms with E-state index in [4.69, 9.17) is 0 Å². The number of para-hydroxylation sites is 2. The molecule has 152 valence electrons. The molecule has 5 rings (SSSR count). The van der Waals surface area contributed by atoms with Crippen molar-refractivity contribution in [1.29, 1.82) is 0 Å². The lowest BCUT2D eigenvalue weighted by Crippen LogP contribution is -2.43. The number of H-pyrrole nitrogens is 2. The first-order valence-corrected chi connectivity index (χ1v) is 10.2. The summed E-state index contributed by atoms with van der Waals surface area (Å²) in [6.45, 7) is 1.93. The van der Waals surface area contributed by atoms with Gasteiger partial charge in [-0.15, -0.1) is 9.67 Å². The molecule has 0 radical (unpaired) electrons. The number of carbonyl (C=O) groups excluding carboxylic acids is 1. The third-order valence-corrected chi connectivity index (χ3v) is 6.00. The second-order valence-electron chi connectivity index (χ2n) is 7.99. The maximum Gasteiger partial charge on any atom is 0.374 e. The van der Waals surface area contributed by atoms with Crippen LogP contribution in [0.25, 0.3) is 17.0 Å². The molecule has 1 aliphatic rings. The fraction of sp³-hybridized carbons (Fsp3) is 0.261. The second-order valence-corrected chi connectivity index (χ2v) is 7.99. The van der Waals surface area contributed by atoms with Crippen molar-refractivity contribution in [3.8, 4) is 5.95 Å². The van der Waals surface area contributed by atoms with Crippen LogP contribution in [-0.4, -0.2) is 21.0 Å². The predicted octanol–water partition coefficient (Wildman–Crippen LogP) is 4.07. The van der Waals surface area contributed by atoms with Gasteiger partial charge in [-0.3, -0.25) is 20.2 Å². The molecule has 0 unspecified atom stereocenters. The third-order valence-electron chi connectivity index (χ3n) is 6.00. The molecule has 1 aliphatic carbocycles. The standard InChI is InChI=1S/C23H22FN5O/c1-15-14-20(29(28-15)22-25-18-6-2-3-7-19(18)26-22)27-21(30)23(12-4-5-13-23)16-8-10-17(24)11-9-16/h2-3,6-11,14H,4-5,12-13H2,1H3,(H2,25,26,27,28,30)/p+1. The van der Waals surface area contributed by atoms with Crippen LogP contribution in [-0.2, 0) is 10.2 Å². The van der Waals surface area contributed by atoms with Gasteiger partial charge in [0, 0.05) is 11.8 Å². The number of hydrogen-bond donors (Lipinski definition) is 3. The van der Waals surface area contributed by atoms with Crippen LogP contribution in [0.5, 0.6) is 0 Å². The Hall–Kier alpha value is -3.48. The lowest BCUT2D eigenvalue weighted by atomic mass is 9.78. The van der Waals surface area contributed by atoms with Crippen molar-refractivity contribution in [2.75, 3.05) is 5.32 Å². The molecular weight excluding hydrogens is 381 g/mol. The topological polar surface area (TPSA) is 77.5 Å². The Balaban J connectivity index is 1.51. The highest BCUT2D eigenvalue weighted by Crippen LogP contribution is 2.42. The number of amides is 1. The maximum absolute atomic E-state index is 13.5. The summed E-state index contributed by atoms with van der Waals surface area (Å²) in [6, 6.07) is 16.0. The molecule has 6 nitrogen and oxygen atoms in total. The van der Waals surface area contributed by atoms with E-state index < -0.39 is 5.41 Å². The first kappa shape index (κ1) is 18.5. The second kappa shape index (κ2) is 7.09. The van der Waals surface area contributed by atoms with Gasteiger partial charge in [-0.1, -0.05) is 37.1 Å². The summed E-state index contributed by atoms with van der Waals surface area (Å²) in [4.78, 5) is 21.4. The van der Waals surface area contributed by atoms with Gasteiger partial charge >= 0.3 is 5.95 Å². The molecule has 1 saturated carbocycles. The van der Waals surface area contributed by atoms with E-state index in [0.717, 1.165) is 48.0 Å². The number of nitrogens with zero attached hydrogens (tertiary/aromatic N) is 2. The third kappa shape index (κ3) is 3.07. The SMILES string of the molecule is Cc1cc(NC(=O)C2(c3ccc(F)cc3)CCCC2)[n+](-c2nc3ccccc3[nH]2)[nH]1. The van der Waals surface area contributed by atoms with Crippen molar-refractivity contribution in [3.63, 3.8) is 0 Å². The molecule has 0 spiro atoms. The van der Waals surface area contributed by atoms with Crippen molar-refractivity contribution in [2.45, 2.75) is 38.0 Å². The van der Waals surface area contributed by atoms with Crippen LogP contribution in [0.15, 0.2) is 54.6 Å². The Morgan fingerprint density at radius 1 is 1.13 bits per heavy atom. The van der Waals surface area contributed by atoms with Crippen LogP contribution >= 0.6 is 0 Å². The predicted molar refractivity (Wildman–Crippen MR) is 112 cm³/mol. The van der Waals surface area contributed by atoms with E-state index in [9.17, 15) is 9.18 Å². The minimum atomic E-state index is -0.648. The molecule has 2 heterocycles. The van der Waals surface area contributed by atoms with Crippen LogP contribution in [0.1, 0.15) is 36.9 Å². The van der Waals surface area contributed by atoms with Crippen LogP contribution in [0.3, 0.4) is 0 Å². The average Bonchev–Trinajstić information content (AvgIpc) is 3.46. The molecule has 3 N–H and O–H groups in total. The summed E-state index contributed by atoms with van der Waals surface area (Å²) >= 11 is 0. The molecule has 0 atom stereocenters. The van der Waals surface area contributed by atoms with Crippen LogP contribution in [0.2, 0.25) is 0 Å². The number of rotatable bonds is 4. The highest BCUT2D eigenvalue weighted by Gasteiger charge is 2.44. The number of aromatic amines is 2. The van der Waals surface area contributed by atoms with Gasteiger partial charge in [0.2, 0.25) is 5.82 Å². The fourth-order valence-corrected chi connectivity index (χ4v) is 4.47. The van der Waals surface area contributed by atoms with Gasteiger partial charge < -0.3 is 0 Å². The van der Waals surface area contributed by atoms with E-state index in [-0.39, 0.29) is 11.7 Å². The normalized spacial score (nSPS) is 15.5. The monoisotopic (exact) mass is 404 g/mol. The number of carbonyl (C=O) groups is 1. The quantitative estimate of drug-likeness (QED) is 0.449. The van der Waals surface area contributed by atoms with E-state index in [2.05, 4.69) is 20.4 Å².